The molecule has 0 aromatic heterocycles. The van der Waals surface area contributed by atoms with Gasteiger partial charge in [0.15, 0.2) is 8.32 Å². The van der Waals surface area contributed by atoms with Crippen molar-refractivity contribution in [3.63, 3.8) is 0 Å². The third kappa shape index (κ3) is 5.32. The Balaban J connectivity index is 2.03. The molecule has 0 aromatic carbocycles. The number of esters is 1. The van der Waals surface area contributed by atoms with Crippen LogP contribution in [0.1, 0.15) is 59.3 Å². The Morgan fingerprint density at radius 2 is 1.96 bits per heavy atom. The molecule has 1 N–H and O–H groups in total. The molecule has 152 valence electrons. The number of ether oxygens (including phenoxy) is 1. The number of carbonyl (C=O) groups excluding carboxylic acids is 1. The van der Waals surface area contributed by atoms with E-state index in [0.717, 1.165) is 6.42 Å². The van der Waals surface area contributed by atoms with Gasteiger partial charge in [0, 0.05) is 25.6 Å². The maximum absolute atomic E-state index is 11.1. The van der Waals surface area contributed by atoms with Gasteiger partial charge in [0.2, 0.25) is 0 Å². The predicted molar refractivity (Wildman–Crippen MR) is 107 cm³/mol. The van der Waals surface area contributed by atoms with E-state index in [2.05, 4.69) is 33.5 Å². The SMILES string of the molecule is CC(=O)OCC(CO)CC(C)C1CCC2C(O[Si](C)(C)C)CCCC12C. The fourth-order valence-electron chi connectivity index (χ4n) is 5.81. The van der Waals surface area contributed by atoms with Gasteiger partial charge < -0.3 is 14.3 Å². The summed E-state index contributed by atoms with van der Waals surface area (Å²) < 4.78 is 11.7. The molecular weight excluding hydrogens is 344 g/mol. The van der Waals surface area contributed by atoms with Crippen molar-refractivity contribution in [1.82, 2.24) is 0 Å². The smallest absolute Gasteiger partial charge is 0.302 e. The molecule has 2 aliphatic carbocycles. The number of carbonyl (C=O) groups is 1. The summed E-state index contributed by atoms with van der Waals surface area (Å²) in [5.41, 5.74) is 0.351. The second-order valence-corrected chi connectivity index (χ2v) is 14.5. The molecule has 0 saturated heterocycles. The highest BCUT2D eigenvalue weighted by molar-refractivity contribution is 6.69. The van der Waals surface area contributed by atoms with Crippen LogP contribution < -0.4 is 0 Å². The molecule has 26 heavy (non-hydrogen) atoms. The third-order valence-electron chi connectivity index (χ3n) is 6.81. The zero-order valence-electron chi connectivity index (χ0n) is 17.7. The molecule has 0 bridgehead atoms. The first-order chi connectivity index (χ1) is 12.1. The number of rotatable bonds is 8. The van der Waals surface area contributed by atoms with Crippen LogP contribution in [0.15, 0.2) is 0 Å². The van der Waals surface area contributed by atoms with Crippen LogP contribution in [0.2, 0.25) is 19.6 Å². The summed E-state index contributed by atoms with van der Waals surface area (Å²) in [6, 6.07) is 0. The molecule has 2 aliphatic rings. The first-order valence-corrected chi connectivity index (χ1v) is 13.9. The van der Waals surface area contributed by atoms with Crippen LogP contribution in [-0.2, 0) is 14.0 Å². The van der Waals surface area contributed by atoms with Gasteiger partial charge in [-0.2, -0.15) is 0 Å². The van der Waals surface area contributed by atoms with Gasteiger partial charge in [-0.3, -0.25) is 4.79 Å². The molecule has 4 nitrogen and oxygen atoms in total. The van der Waals surface area contributed by atoms with Crippen LogP contribution in [0.3, 0.4) is 0 Å². The molecule has 0 heterocycles. The second-order valence-electron chi connectivity index (χ2n) is 10.0. The van der Waals surface area contributed by atoms with Crippen molar-refractivity contribution in [1.29, 1.82) is 0 Å². The molecule has 5 heteroatoms. The molecule has 2 rings (SSSR count). The summed E-state index contributed by atoms with van der Waals surface area (Å²) >= 11 is 0. The van der Waals surface area contributed by atoms with Gasteiger partial charge in [0.1, 0.15) is 0 Å². The molecule has 2 fully saturated rings. The summed E-state index contributed by atoms with van der Waals surface area (Å²) in [4.78, 5) is 11.1. The molecule has 6 unspecified atom stereocenters. The zero-order chi connectivity index (χ0) is 19.5. The van der Waals surface area contributed by atoms with Crippen molar-refractivity contribution in [3.8, 4) is 0 Å². The van der Waals surface area contributed by atoms with E-state index in [1.165, 1.54) is 39.0 Å². The van der Waals surface area contributed by atoms with E-state index in [1.54, 1.807) is 0 Å². The fourth-order valence-corrected chi connectivity index (χ4v) is 7.00. The summed E-state index contributed by atoms with van der Waals surface area (Å²) in [5.74, 6) is 1.67. The van der Waals surface area contributed by atoms with E-state index in [4.69, 9.17) is 9.16 Å². The lowest BCUT2D eigenvalue weighted by Crippen LogP contribution is -2.46. The highest BCUT2D eigenvalue weighted by Crippen LogP contribution is 2.59. The first kappa shape index (κ1) is 21.9. The molecule has 0 radical (unpaired) electrons. The van der Waals surface area contributed by atoms with Crippen molar-refractivity contribution in [2.24, 2.45) is 29.1 Å². The Hall–Kier alpha value is -0.393. The minimum absolute atomic E-state index is 0.0502. The Morgan fingerprint density at radius 3 is 2.54 bits per heavy atom. The molecular formula is C21H40O4Si. The van der Waals surface area contributed by atoms with E-state index < -0.39 is 8.32 Å². The largest absolute Gasteiger partial charge is 0.465 e. The standard InChI is InChI=1S/C21H40O4Si/c1-15(12-17(13-22)14-24-16(2)23)18-9-10-19-20(25-26(4,5)6)8-7-11-21(18,19)3/h15,17-20,22H,7-14H2,1-6H3. The van der Waals surface area contributed by atoms with E-state index in [1.807, 2.05) is 0 Å². The van der Waals surface area contributed by atoms with Crippen LogP contribution >= 0.6 is 0 Å². The minimum atomic E-state index is -1.52. The first-order valence-electron chi connectivity index (χ1n) is 10.5. The number of hydrogen-bond donors (Lipinski definition) is 1. The van der Waals surface area contributed by atoms with E-state index in [9.17, 15) is 9.90 Å². The predicted octanol–water partition coefficient (Wildman–Crippen LogP) is 4.62. The second kappa shape index (κ2) is 8.74. The van der Waals surface area contributed by atoms with Crippen molar-refractivity contribution in [2.75, 3.05) is 13.2 Å². The lowest BCUT2D eigenvalue weighted by molar-refractivity contribution is -0.143. The van der Waals surface area contributed by atoms with Gasteiger partial charge in [-0.25, -0.2) is 0 Å². The van der Waals surface area contributed by atoms with Crippen LogP contribution in [0.4, 0.5) is 0 Å². The summed E-state index contributed by atoms with van der Waals surface area (Å²) in [6.07, 6.45) is 7.68. The van der Waals surface area contributed by atoms with Crippen LogP contribution in [0, 0.1) is 29.1 Å². The Labute approximate surface area is 161 Å². The topological polar surface area (TPSA) is 55.8 Å². The summed E-state index contributed by atoms with van der Waals surface area (Å²) in [7, 11) is -1.52. The normalized spacial score (nSPS) is 34.2. The Bertz CT molecular complexity index is 475. The highest BCUT2D eigenvalue weighted by Gasteiger charge is 2.53. The zero-order valence-corrected chi connectivity index (χ0v) is 18.7. The number of fused-ring (bicyclic) bond motifs is 1. The molecule has 0 aromatic rings. The minimum Gasteiger partial charge on any atom is -0.465 e. The number of hydrogen-bond acceptors (Lipinski definition) is 4. The van der Waals surface area contributed by atoms with Crippen LogP contribution in [-0.4, -0.2) is 38.7 Å². The Kier molecular flexibility index (Phi) is 7.36. The van der Waals surface area contributed by atoms with E-state index >= 15 is 0 Å². The van der Waals surface area contributed by atoms with Crippen molar-refractivity contribution in [2.45, 2.75) is 85.0 Å². The van der Waals surface area contributed by atoms with Gasteiger partial charge >= 0.3 is 5.97 Å². The number of aliphatic hydroxyl groups excluding tert-OH is 1. The molecule has 0 aliphatic heterocycles. The molecule has 0 spiro atoms. The highest BCUT2D eigenvalue weighted by atomic mass is 28.4. The fraction of sp³-hybridized carbons (Fsp3) is 0.952. The van der Waals surface area contributed by atoms with Gasteiger partial charge in [-0.1, -0.05) is 20.3 Å². The number of aliphatic hydroxyl groups is 1. The molecule has 6 atom stereocenters. The Morgan fingerprint density at radius 1 is 1.27 bits per heavy atom. The molecule has 0 amide bonds. The third-order valence-corrected chi connectivity index (χ3v) is 7.82. The van der Waals surface area contributed by atoms with Crippen molar-refractivity contribution in [3.05, 3.63) is 0 Å². The lowest BCUT2D eigenvalue weighted by Gasteiger charge is -2.48. The quantitative estimate of drug-likeness (QED) is 0.490. The van der Waals surface area contributed by atoms with E-state index in [-0.39, 0.29) is 18.5 Å². The van der Waals surface area contributed by atoms with Crippen molar-refractivity contribution >= 4 is 14.3 Å². The van der Waals surface area contributed by atoms with Crippen molar-refractivity contribution < 1.29 is 19.1 Å². The lowest BCUT2D eigenvalue weighted by atomic mass is 9.61. The van der Waals surface area contributed by atoms with Gasteiger partial charge in [-0.05, 0) is 74.9 Å². The van der Waals surface area contributed by atoms with E-state index in [0.29, 0.717) is 35.9 Å². The maximum Gasteiger partial charge on any atom is 0.302 e. The van der Waals surface area contributed by atoms with Gasteiger partial charge in [0.05, 0.1) is 6.61 Å². The van der Waals surface area contributed by atoms with Crippen LogP contribution in [0.25, 0.3) is 0 Å². The van der Waals surface area contributed by atoms with Gasteiger partial charge in [-0.15, -0.1) is 0 Å². The van der Waals surface area contributed by atoms with Gasteiger partial charge in [0.25, 0.3) is 0 Å². The maximum atomic E-state index is 11.1. The van der Waals surface area contributed by atoms with Crippen LogP contribution in [0.5, 0.6) is 0 Å². The summed E-state index contributed by atoms with van der Waals surface area (Å²) in [6.45, 7) is 13.6. The molecule has 2 saturated carbocycles. The summed E-state index contributed by atoms with van der Waals surface area (Å²) in [5, 5.41) is 9.69. The average Bonchev–Trinajstić information content (AvgIpc) is 2.87. The average molecular weight is 385 g/mol. The monoisotopic (exact) mass is 384 g/mol.